The summed E-state index contributed by atoms with van der Waals surface area (Å²) < 4.78 is 0. The zero-order valence-corrected chi connectivity index (χ0v) is 18.5. The van der Waals surface area contributed by atoms with Gasteiger partial charge in [0.1, 0.15) is 5.54 Å². The number of hydrogen-bond donors (Lipinski definition) is 2. The number of fused-ring (bicyclic) bond motifs is 4. The lowest BCUT2D eigenvalue weighted by atomic mass is 9.76. The summed E-state index contributed by atoms with van der Waals surface area (Å²) in [5, 5.41) is 7.13. The Balaban J connectivity index is 1.63. The van der Waals surface area contributed by atoms with Crippen LogP contribution in [0.4, 0.5) is 5.69 Å². The highest BCUT2D eigenvalue weighted by Crippen LogP contribution is 2.55. The maximum absolute atomic E-state index is 13.7. The highest BCUT2D eigenvalue weighted by Gasteiger charge is 2.70. The van der Waals surface area contributed by atoms with Crippen LogP contribution in [-0.4, -0.2) is 28.7 Å². The highest BCUT2D eigenvalue weighted by molar-refractivity contribution is 6.35. The molecule has 2 aromatic rings. The normalized spacial score (nSPS) is 29.1. The highest BCUT2D eigenvalue weighted by atomic mass is 35.5. The smallest absolute Gasteiger partial charge is 0.250 e. The van der Waals surface area contributed by atoms with E-state index in [4.69, 9.17) is 23.2 Å². The Morgan fingerprint density at radius 3 is 2.42 bits per heavy atom. The Hall–Kier alpha value is -2.41. The van der Waals surface area contributed by atoms with Crippen LogP contribution in [0.2, 0.25) is 10.0 Å². The summed E-state index contributed by atoms with van der Waals surface area (Å²) in [5.41, 5.74) is 0.466. The van der Waals surface area contributed by atoms with Crippen LogP contribution in [0.1, 0.15) is 25.0 Å². The van der Waals surface area contributed by atoms with Gasteiger partial charge in [-0.15, -0.1) is 0 Å². The van der Waals surface area contributed by atoms with Gasteiger partial charge < -0.3 is 5.32 Å². The summed E-state index contributed by atoms with van der Waals surface area (Å²) in [6, 6.07) is 12.0. The minimum Gasteiger partial charge on any atom is -0.323 e. The number of nitrogens with zero attached hydrogens (tertiary/aromatic N) is 1. The van der Waals surface area contributed by atoms with E-state index in [-0.39, 0.29) is 36.2 Å². The van der Waals surface area contributed by atoms with Crippen molar-refractivity contribution in [1.82, 2.24) is 10.2 Å². The zero-order chi connectivity index (χ0) is 22.1. The van der Waals surface area contributed by atoms with E-state index < -0.39 is 17.4 Å². The molecule has 0 aromatic heterocycles. The van der Waals surface area contributed by atoms with Crippen molar-refractivity contribution in [3.8, 4) is 0 Å². The SMILES string of the molecule is CC(C)[C@H]1N[C@]2(C(=O)Nc3c(Cl)cccc32)[C@H]2C(=O)N(Cc3ccccc3Cl)C(=O)[C@H]12. The van der Waals surface area contributed by atoms with Crippen molar-refractivity contribution in [3.05, 3.63) is 63.6 Å². The number of hydrogen-bond acceptors (Lipinski definition) is 4. The molecule has 160 valence electrons. The van der Waals surface area contributed by atoms with Crippen LogP contribution in [0.3, 0.4) is 0 Å². The standard InChI is InChI=1S/C23H21Cl2N3O3/c1-11(2)18-16-17(21(30)28(20(16)29)10-12-6-3-4-8-14(12)24)23(27-18)13-7-5-9-15(25)19(13)26-22(23)31/h3-9,11,16-18,27H,10H2,1-2H3,(H,26,31)/t16-,17+,18+,23-/m0/s1. The van der Waals surface area contributed by atoms with Crippen molar-refractivity contribution in [2.24, 2.45) is 17.8 Å². The molecule has 0 unspecified atom stereocenters. The largest absolute Gasteiger partial charge is 0.323 e. The van der Waals surface area contributed by atoms with Gasteiger partial charge in [0.25, 0.3) is 0 Å². The molecule has 3 heterocycles. The minimum absolute atomic E-state index is 0.0277. The molecule has 0 saturated carbocycles. The lowest BCUT2D eigenvalue weighted by molar-refractivity contribution is -0.143. The minimum atomic E-state index is -1.33. The molecule has 2 saturated heterocycles. The number of para-hydroxylation sites is 1. The second-order valence-corrected chi connectivity index (χ2v) is 9.51. The van der Waals surface area contributed by atoms with Gasteiger partial charge in [0.2, 0.25) is 17.7 Å². The first-order valence-corrected chi connectivity index (χ1v) is 11.0. The molecule has 2 fully saturated rings. The number of anilines is 1. The molecule has 2 N–H and O–H groups in total. The third-order valence-electron chi connectivity index (χ3n) is 6.73. The number of carbonyl (C=O) groups excluding carboxylic acids is 3. The average molecular weight is 458 g/mol. The fourth-order valence-corrected chi connectivity index (χ4v) is 5.73. The first-order chi connectivity index (χ1) is 14.8. The fourth-order valence-electron chi connectivity index (χ4n) is 5.31. The summed E-state index contributed by atoms with van der Waals surface area (Å²) in [4.78, 5) is 41.8. The molecule has 2 aromatic carbocycles. The Labute approximate surface area is 189 Å². The lowest BCUT2D eigenvalue weighted by Crippen LogP contribution is -2.53. The van der Waals surface area contributed by atoms with E-state index in [0.29, 0.717) is 26.9 Å². The number of nitrogens with one attached hydrogen (secondary N) is 2. The third kappa shape index (κ3) is 2.71. The molecule has 4 atom stereocenters. The maximum atomic E-state index is 13.7. The number of amides is 3. The Kier molecular flexibility index (Phi) is 4.66. The van der Waals surface area contributed by atoms with Crippen LogP contribution < -0.4 is 10.6 Å². The van der Waals surface area contributed by atoms with Crippen LogP contribution in [0.5, 0.6) is 0 Å². The van der Waals surface area contributed by atoms with Gasteiger partial charge in [0.15, 0.2) is 0 Å². The molecule has 3 aliphatic rings. The first-order valence-electron chi connectivity index (χ1n) is 10.2. The topological polar surface area (TPSA) is 78.5 Å². The third-order valence-corrected chi connectivity index (χ3v) is 7.41. The van der Waals surface area contributed by atoms with E-state index >= 15 is 0 Å². The van der Waals surface area contributed by atoms with Gasteiger partial charge in [-0.25, -0.2) is 0 Å². The van der Waals surface area contributed by atoms with Gasteiger partial charge in [-0.1, -0.05) is 67.4 Å². The van der Waals surface area contributed by atoms with Crippen LogP contribution in [0, 0.1) is 17.8 Å². The average Bonchev–Trinajstić information content (AvgIpc) is 3.32. The van der Waals surface area contributed by atoms with Crippen molar-refractivity contribution in [3.63, 3.8) is 0 Å². The van der Waals surface area contributed by atoms with E-state index in [1.165, 1.54) is 4.90 Å². The van der Waals surface area contributed by atoms with Crippen LogP contribution in [0.25, 0.3) is 0 Å². The van der Waals surface area contributed by atoms with E-state index in [9.17, 15) is 14.4 Å². The van der Waals surface area contributed by atoms with Crippen molar-refractivity contribution >= 4 is 46.6 Å². The molecule has 0 bridgehead atoms. The molecule has 0 aliphatic carbocycles. The van der Waals surface area contributed by atoms with Gasteiger partial charge in [-0.3, -0.25) is 24.6 Å². The van der Waals surface area contributed by atoms with E-state index in [2.05, 4.69) is 10.6 Å². The Bertz CT molecular complexity index is 1130. The first kappa shape index (κ1) is 20.5. The number of rotatable bonds is 3. The lowest BCUT2D eigenvalue weighted by Gasteiger charge is -2.30. The van der Waals surface area contributed by atoms with Gasteiger partial charge in [0.05, 0.1) is 29.1 Å². The molecule has 31 heavy (non-hydrogen) atoms. The van der Waals surface area contributed by atoms with Gasteiger partial charge in [-0.2, -0.15) is 0 Å². The van der Waals surface area contributed by atoms with Crippen molar-refractivity contribution < 1.29 is 14.4 Å². The van der Waals surface area contributed by atoms with Crippen LogP contribution in [0.15, 0.2) is 42.5 Å². The molecular weight excluding hydrogens is 437 g/mol. The molecule has 3 aliphatic heterocycles. The fraction of sp³-hybridized carbons (Fsp3) is 0.348. The number of benzene rings is 2. The van der Waals surface area contributed by atoms with Gasteiger partial charge in [0, 0.05) is 16.6 Å². The van der Waals surface area contributed by atoms with Crippen LogP contribution >= 0.6 is 23.2 Å². The molecule has 0 radical (unpaired) electrons. The van der Waals surface area contributed by atoms with Crippen molar-refractivity contribution in [2.45, 2.75) is 32.0 Å². The second kappa shape index (κ2) is 7.05. The number of halogens is 2. The van der Waals surface area contributed by atoms with E-state index in [1.54, 1.807) is 36.4 Å². The van der Waals surface area contributed by atoms with E-state index in [1.807, 2.05) is 19.9 Å². The Morgan fingerprint density at radius 1 is 1.00 bits per heavy atom. The summed E-state index contributed by atoms with van der Waals surface area (Å²) in [7, 11) is 0. The molecular formula is C23H21Cl2N3O3. The van der Waals surface area contributed by atoms with E-state index in [0.717, 1.165) is 0 Å². The maximum Gasteiger partial charge on any atom is 0.250 e. The van der Waals surface area contributed by atoms with Crippen LogP contribution in [-0.2, 0) is 26.5 Å². The number of likely N-dealkylation sites (tertiary alicyclic amines) is 1. The number of imide groups is 1. The van der Waals surface area contributed by atoms with Gasteiger partial charge in [-0.05, 0) is 23.6 Å². The molecule has 8 heteroatoms. The van der Waals surface area contributed by atoms with Gasteiger partial charge >= 0.3 is 0 Å². The molecule has 6 nitrogen and oxygen atoms in total. The predicted octanol–water partition coefficient (Wildman–Crippen LogP) is 3.57. The molecule has 1 spiro atoms. The van der Waals surface area contributed by atoms with Crippen molar-refractivity contribution in [2.75, 3.05) is 5.32 Å². The number of carbonyl (C=O) groups is 3. The van der Waals surface area contributed by atoms with Crippen molar-refractivity contribution in [1.29, 1.82) is 0 Å². The summed E-state index contributed by atoms with van der Waals surface area (Å²) in [6.45, 7) is 4.04. The second-order valence-electron chi connectivity index (χ2n) is 8.70. The molecule has 3 amide bonds. The Morgan fingerprint density at radius 2 is 1.71 bits per heavy atom. The summed E-state index contributed by atoms with van der Waals surface area (Å²) >= 11 is 12.6. The molecule has 5 rings (SSSR count). The predicted molar refractivity (Wildman–Crippen MR) is 118 cm³/mol. The summed E-state index contributed by atoms with van der Waals surface area (Å²) in [6.07, 6.45) is 0. The monoisotopic (exact) mass is 457 g/mol. The zero-order valence-electron chi connectivity index (χ0n) is 17.0. The summed E-state index contributed by atoms with van der Waals surface area (Å²) in [5.74, 6) is -2.47. The quantitative estimate of drug-likeness (QED) is 0.690.